The highest BCUT2D eigenvalue weighted by molar-refractivity contribution is 7.87. The van der Waals surface area contributed by atoms with Gasteiger partial charge in [-0.2, -0.15) is 13.1 Å². The quantitative estimate of drug-likeness (QED) is 0.771. The van der Waals surface area contributed by atoms with Gasteiger partial charge in [-0.3, -0.25) is 4.90 Å². The molecule has 0 aliphatic carbocycles. The summed E-state index contributed by atoms with van der Waals surface area (Å²) in [7, 11) is -3.46. The molecule has 1 amide bonds. The van der Waals surface area contributed by atoms with Crippen LogP contribution < -0.4 is 9.44 Å². The monoisotopic (exact) mass is 324 g/mol. The van der Waals surface area contributed by atoms with Crippen molar-refractivity contribution in [1.29, 1.82) is 0 Å². The van der Waals surface area contributed by atoms with Crippen molar-refractivity contribution < 1.29 is 17.9 Å². The first-order valence-electron chi connectivity index (χ1n) is 7.04. The zero-order valence-corrected chi connectivity index (χ0v) is 12.8. The van der Waals surface area contributed by atoms with E-state index < -0.39 is 21.8 Å². The third-order valence-electron chi connectivity index (χ3n) is 3.79. The topological polar surface area (TPSA) is 87.7 Å². The van der Waals surface area contributed by atoms with Crippen LogP contribution in [-0.4, -0.2) is 44.6 Å². The van der Waals surface area contributed by atoms with Crippen LogP contribution in [0.4, 0.5) is 4.79 Å². The summed E-state index contributed by atoms with van der Waals surface area (Å²) in [6.45, 7) is 1.22. The number of hydrogen-bond donors (Lipinski definition) is 2. The highest BCUT2D eigenvalue weighted by atomic mass is 32.2. The number of nitrogens with one attached hydrogen (secondary N) is 2. The molecule has 1 aromatic rings. The predicted octanol–water partition coefficient (Wildman–Crippen LogP) is 0.410. The number of benzene rings is 1. The van der Waals surface area contributed by atoms with Gasteiger partial charge in [-0.25, -0.2) is 9.52 Å². The van der Waals surface area contributed by atoms with Crippen LogP contribution in [0, 0.1) is 6.42 Å². The molecule has 2 fully saturated rings. The van der Waals surface area contributed by atoms with Gasteiger partial charge in [0.25, 0.3) is 10.2 Å². The Morgan fingerprint density at radius 1 is 1.36 bits per heavy atom. The van der Waals surface area contributed by atoms with E-state index in [-0.39, 0.29) is 13.2 Å². The van der Waals surface area contributed by atoms with Gasteiger partial charge in [-0.05, 0) is 5.56 Å². The number of ether oxygens (including phenoxy) is 1. The molecule has 1 spiro atoms. The SMILES string of the molecule is O=C(OCc1ccccc1)N1C[CH+]C[C@]2(CNS(=O)(=O)N2)C1. The van der Waals surface area contributed by atoms with Crippen molar-refractivity contribution in [3.63, 3.8) is 0 Å². The second kappa shape index (κ2) is 5.79. The Morgan fingerprint density at radius 2 is 2.14 bits per heavy atom. The zero-order valence-electron chi connectivity index (χ0n) is 12.0. The van der Waals surface area contributed by atoms with Crippen molar-refractivity contribution in [2.24, 2.45) is 0 Å². The number of carbonyl (C=O) groups excluding carboxylic acids is 1. The van der Waals surface area contributed by atoms with E-state index in [0.29, 0.717) is 19.5 Å². The second-order valence-corrected chi connectivity index (χ2v) is 7.12. The van der Waals surface area contributed by atoms with Crippen molar-refractivity contribution >= 4 is 16.3 Å². The van der Waals surface area contributed by atoms with E-state index in [1.54, 1.807) is 0 Å². The number of hydrogen-bond acceptors (Lipinski definition) is 4. The van der Waals surface area contributed by atoms with Crippen LogP contribution in [0.15, 0.2) is 30.3 Å². The maximum atomic E-state index is 12.2. The average Bonchev–Trinajstić information content (AvgIpc) is 2.80. The molecule has 2 aliphatic heterocycles. The van der Waals surface area contributed by atoms with Gasteiger partial charge in [-0.1, -0.05) is 30.3 Å². The number of carbonyl (C=O) groups is 1. The molecule has 3 rings (SSSR count). The molecule has 8 heteroatoms. The molecule has 1 aromatic carbocycles. The summed E-state index contributed by atoms with van der Waals surface area (Å²) in [5.41, 5.74) is 0.248. The van der Waals surface area contributed by atoms with Crippen LogP contribution in [0.5, 0.6) is 0 Å². The molecular weight excluding hydrogens is 306 g/mol. The van der Waals surface area contributed by atoms with Crippen molar-refractivity contribution in [3.05, 3.63) is 42.3 Å². The number of nitrogens with zero attached hydrogens (tertiary/aromatic N) is 1. The summed E-state index contributed by atoms with van der Waals surface area (Å²) in [4.78, 5) is 13.7. The maximum Gasteiger partial charge on any atom is 0.413 e. The van der Waals surface area contributed by atoms with E-state index in [1.807, 2.05) is 36.8 Å². The molecule has 0 radical (unpaired) electrons. The number of likely N-dealkylation sites (tertiary alicyclic amines) is 1. The zero-order chi connectivity index (χ0) is 15.6. The van der Waals surface area contributed by atoms with Crippen molar-refractivity contribution in [1.82, 2.24) is 14.3 Å². The number of piperidine rings is 1. The summed E-state index contributed by atoms with van der Waals surface area (Å²) < 4.78 is 33.4. The van der Waals surface area contributed by atoms with E-state index in [0.717, 1.165) is 5.56 Å². The molecule has 0 aromatic heterocycles. The minimum atomic E-state index is -3.46. The van der Waals surface area contributed by atoms with Crippen LogP contribution in [-0.2, 0) is 21.6 Å². The Labute approximate surface area is 129 Å². The number of rotatable bonds is 2. The van der Waals surface area contributed by atoms with Crippen LogP contribution in [0.1, 0.15) is 12.0 Å². The summed E-state index contributed by atoms with van der Waals surface area (Å²) in [6, 6.07) is 9.42. The largest absolute Gasteiger partial charge is 0.444 e. The van der Waals surface area contributed by atoms with Gasteiger partial charge < -0.3 is 4.74 Å². The van der Waals surface area contributed by atoms with Crippen molar-refractivity contribution in [2.45, 2.75) is 18.6 Å². The van der Waals surface area contributed by atoms with Gasteiger partial charge in [0, 0.05) is 6.54 Å². The van der Waals surface area contributed by atoms with Crippen LogP contribution in [0.2, 0.25) is 0 Å². The molecule has 0 saturated carbocycles. The third-order valence-corrected chi connectivity index (χ3v) is 5.02. The van der Waals surface area contributed by atoms with Crippen molar-refractivity contribution in [2.75, 3.05) is 19.6 Å². The lowest BCUT2D eigenvalue weighted by molar-refractivity contribution is 0.0819. The summed E-state index contributed by atoms with van der Waals surface area (Å²) in [6.07, 6.45) is 2.04. The van der Waals surface area contributed by atoms with E-state index in [4.69, 9.17) is 4.74 Å². The minimum absolute atomic E-state index is 0.202. The fourth-order valence-electron chi connectivity index (χ4n) is 2.73. The lowest BCUT2D eigenvalue weighted by Crippen LogP contribution is -2.57. The molecular formula is C14H18N3O4S+. The first kappa shape index (κ1) is 15.1. The van der Waals surface area contributed by atoms with Crippen LogP contribution in [0.3, 0.4) is 0 Å². The normalized spacial score (nSPS) is 26.6. The Hall–Kier alpha value is -1.77. The molecule has 2 heterocycles. The molecule has 0 unspecified atom stereocenters. The highest BCUT2D eigenvalue weighted by Crippen LogP contribution is 2.24. The molecule has 118 valence electrons. The summed E-state index contributed by atoms with van der Waals surface area (Å²) >= 11 is 0. The van der Waals surface area contributed by atoms with Crippen molar-refractivity contribution in [3.8, 4) is 0 Å². The lowest BCUT2D eigenvalue weighted by Gasteiger charge is -2.33. The smallest absolute Gasteiger partial charge is 0.413 e. The van der Waals surface area contributed by atoms with Crippen LogP contribution >= 0.6 is 0 Å². The van der Waals surface area contributed by atoms with E-state index in [9.17, 15) is 13.2 Å². The highest BCUT2D eigenvalue weighted by Gasteiger charge is 2.49. The Morgan fingerprint density at radius 3 is 2.82 bits per heavy atom. The van der Waals surface area contributed by atoms with Gasteiger partial charge in [0.05, 0.1) is 13.0 Å². The maximum absolute atomic E-state index is 12.2. The molecule has 22 heavy (non-hydrogen) atoms. The molecule has 0 bridgehead atoms. The Balaban J connectivity index is 1.59. The van der Waals surface area contributed by atoms with Gasteiger partial charge in [0.2, 0.25) is 0 Å². The first-order chi connectivity index (χ1) is 10.5. The second-order valence-electron chi connectivity index (χ2n) is 5.62. The minimum Gasteiger partial charge on any atom is -0.444 e. The summed E-state index contributed by atoms with van der Waals surface area (Å²) in [5, 5.41) is 0. The lowest BCUT2D eigenvalue weighted by atomic mass is 9.90. The summed E-state index contributed by atoms with van der Waals surface area (Å²) in [5.74, 6) is 0. The standard InChI is InChI=1S/C14H18N3O4S/c18-13(21-9-12-5-2-1-3-6-12)17-8-4-7-14(11-17)10-15-22(19,20)16-14/h1-6,15-16H,7-11H2/q+1/t14-/m0/s1. The van der Waals surface area contributed by atoms with Crippen LogP contribution in [0.25, 0.3) is 0 Å². The molecule has 1 atom stereocenters. The molecule has 7 nitrogen and oxygen atoms in total. The van der Waals surface area contributed by atoms with Gasteiger partial charge >= 0.3 is 6.09 Å². The molecule has 2 N–H and O–H groups in total. The average molecular weight is 324 g/mol. The predicted molar refractivity (Wildman–Crippen MR) is 79.9 cm³/mol. The fourth-order valence-corrected chi connectivity index (χ4v) is 4.06. The Bertz CT molecular complexity index is 649. The first-order valence-corrected chi connectivity index (χ1v) is 8.52. The van der Waals surface area contributed by atoms with Gasteiger partial charge in [0.1, 0.15) is 18.6 Å². The van der Waals surface area contributed by atoms with E-state index in [1.165, 1.54) is 4.90 Å². The fraction of sp³-hybridized carbons (Fsp3) is 0.429. The molecule has 2 saturated heterocycles. The van der Waals surface area contributed by atoms with E-state index in [2.05, 4.69) is 9.44 Å². The van der Waals surface area contributed by atoms with Gasteiger partial charge in [0.15, 0.2) is 6.54 Å². The Kier molecular flexibility index (Phi) is 3.98. The molecule has 2 aliphatic rings. The third kappa shape index (κ3) is 3.34. The van der Waals surface area contributed by atoms with E-state index >= 15 is 0 Å². The number of amides is 1. The van der Waals surface area contributed by atoms with Gasteiger partial charge in [-0.15, -0.1) is 0 Å².